The van der Waals surface area contributed by atoms with Gasteiger partial charge < -0.3 is 36.0 Å². The zero-order valence-corrected chi connectivity index (χ0v) is 18.4. The summed E-state index contributed by atoms with van der Waals surface area (Å²) in [6.07, 6.45) is 0.330. The Kier molecular flexibility index (Phi) is 6.42. The topological polar surface area (TPSA) is 174 Å². The van der Waals surface area contributed by atoms with Crippen LogP contribution in [0.2, 0.25) is 0 Å². The number of nitrogens with zero attached hydrogens (tertiary/aromatic N) is 5. The molecule has 1 saturated heterocycles. The van der Waals surface area contributed by atoms with Crippen molar-refractivity contribution in [3.05, 3.63) is 42.5 Å². The summed E-state index contributed by atoms with van der Waals surface area (Å²) in [5.74, 6) is 0.369. The Morgan fingerprint density at radius 3 is 2.67 bits per heavy atom. The Balaban J connectivity index is 1.51. The Morgan fingerprint density at radius 2 is 2.00 bits per heavy atom. The maximum Gasteiger partial charge on any atom is 0.278 e. The highest BCUT2D eigenvalue weighted by molar-refractivity contribution is 5.83. The second-order valence-corrected chi connectivity index (χ2v) is 8.26. The predicted molar refractivity (Wildman–Crippen MR) is 117 cm³/mol. The highest BCUT2D eigenvalue weighted by atomic mass is 16.5. The molecule has 1 amide bonds. The number of ether oxygens (including phenoxy) is 1. The smallest absolute Gasteiger partial charge is 0.278 e. The molecule has 7 N–H and O–H groups in total. The van der Waals surface area contributed by atoms with E-state index in [2.05, 4.69) is 26.0 Å². The molecule has 1 fully saturated rings. The summed E-state index contributed by atoms with van der Waals surface area (Å²) in [6.45, 7) is -0.400. The molecule has 33 heavy (non-hydrogen) atoms. The molecule has 1 aromatic carbocycles. The van der Waals surface area contributed by atoms with E-state index in [-0.39, 0.29) is 11.7 Å². The van der Waals surface area contributed by atoms with Gasteiger partial charge in [-0.15, -0.1) is 0 Å². The molecule has 0 spiro atoms. The van der Waals surface area contributed by atoms with Crippen molar-refractivity contribution >= 4 is 22.9 Å². The van der Waals surface area contributed by atoms with Crippen LogP contribution in [0.15, 0.2) is 36.9 Å². The number of aromatic hydroxyl groups is 1. The molecular formula is C21H28N7O5+. The average Bonchev–Trinajstić information content (AvgIpc) is 3.36. The van der Waals surface area contributed by atoms with Crippen molar-refractivity contribution in [2.45, 2.75) is 36.9 Å². The quantitative estimate of drug-likeness (QED) is 0.273. The van der Waals surface area contributed by atoms with Gasteiger partial charge in [0, 0.05) is 20.5 Å². The summed E-state index contributed by atoms with van der Waals surface area (Å²) in [4.78, 5) is 27.5. The second kappa shape index (κ2) is 9.27. The maximum atomic E-state index is 12.8. The van der Waals surface area contributed by atoms with Crippen molar-refractivity contribution in [2.75, 3.05) is 25.6 Å². The number of aliphatic hydroxyl groups excluding tert-OH is 2. The first-order valence-corrected chi connectivity index (χ1v) is 10.5. The van der Waals surface area contributed by atoms with Crippen LogP contribution in [-0.2, 0) is 16.0 Å². The van der Waals surface area contributed by atoms with Gasteiger partial charge in [-0.2, -0.15) is 0 Å². The molecule has 0 aliphatic carbocycles. The fourth-order valence-corrected chi connectivity index (χ4v) is 3.95. The van der Waals surface area contributed by atoms with Gasteiger partial charge in [-0.1, -0.05) is 12.1 Å². The molecule has 1 unspecified atom stereocenters. The molecule has 0 saturated carbocycles. The molecule has 5 atom stereocenters. The molecule has 1 aliphatic heterocycles. The van der Waals surface area contributed by atoms with Gasteiger partial charge in [0.25, 0.3) is 5.91 Å². The molecule has 3 heterocycles. The third-order valence-corrected chi connectivity index (χ3v) is 5.69. The molecule has 1 aliphatic rings. The predicted octanol–water partition coefficient (Wildman–Crippen LogP) is -1.81. The van der Waals surface area contributed by atoms with Crippen LogP contribution in [0.1, 0.15) is 11.8 Å². The van der Waals surface area contributed by atoms with Crippen LogP contribution >= 0.6 is 0 Å². The number of phenols is 1. The highest BCUT2D eigenvalue weighted by Gasteiger charge is 2.46. The van der Waals surface area contributed by atoms with Gasteiger partial charge >= 0.3 is 0 Å². The van der Waals surface area contributed by atoms with Crippen molar-refractivity contribution in [2.24, 2.45) is 0 Å². The average molecular weight is 458 g/mol. The number of hydrogen-bond acceptors (Lipinski definition) is 9. The molecule has 0 bridgehead atoms. The van der Waals surface area contributed by atoms with Gasteiger partial charge in [-0.3, -0.25) is 9.36 Å². The highest BCUT2D eigenvalue weighted by Crippen LogP contribution is 2.32. The van der Waals surface area contributed by atoms with E-state index < -0.39 is 37.1 Å². The molecule has 4 rings (SSSR count). The summed E-state index contributed by atoms with van der Waals surface area (Å²) >= 11 is 0. The summed E-state index contributed by atoms with van der Waals surface area (Å²) in [5, 5.41) is 33.0. The molecule has 2 aromatic heterocycles. The minimum atomic E-state index is -1.16. The lowest BCUT2D eigenvalue weighted by molar-refractivity contribution is -0.403. The van der Waals surface area contributed by atoms with Gasteiger partial charge in [0.2, 0.25) is 0 Å². The Morgan fingerprint density at radius 1 is 1.27 bits per heavy atom. The maximum absolute atomic E-state index is 12.8. The third kappa shape index (κ3) is 4.46. The lowest BCUT2D eigenvalue weighted by Crippen LogP contribution is -2.70. The zero-order valence-electron chi connectivity index (χ0n) is 18.4. The fourth-order valence-electron chi connectivity index (χ4n) is 3.95. The van der Waals surface area contributed by atoms with Gasteiger partial charge in [0.1, 0.15) is 24.3 Å². The number of aliphatic hydroxyl groups is 2. The van der Waals surface area contributed by atoms with Crippen LogP contribution in [0.5, 0.6) is 5.75 Å². The number of rotatable bonds is 7. The first-order valence-electron chi connectivity index (χ1n) is 10.5. The van der Waals surface area contributed by atoms with E-state index >= 15 is 0 Å². The van der Waals surface area contributed by atoms with Crippen LogP contribution in [0.4, 0.5) is 5.82 Å². The number of aromatic nitrogens is 4. The molecule has 0 radical (unpaired) electrons. The van der Waals surface area contributed by atoms with Gasteiger partial charge in [-0.25, -0.2) is 15.0 Å². The molecule has 12 nitrogen and oxygen atoms in total. The number of carbonyl (C=O) groups is 1. The van der Waals surface area contributed by atoms with E-state index in [0.29, 0.717) is 23.4 Å². The van der Waals surface area contributed by atoms with Gasteiger partial charge in [-0.05, 0) is 17.7 Å². The number of phenolic OH excluding ortho intramolecular Hbond substituents is 1. The third-order valence-electron chi connectivity index (χ3n) is 5.69. The van der Waals surface area contributed by atoms with Crippen LogP contribution in [0.3, 0.4) is 0 Å². The number of hydrogen-bond donors (Lipinski definition) is 5. The molecule has 12 heteroatoms. The van der Waals surface area contributed by atoms with Crippen molar-refractivity contribution < 1.29 is 30.6 Å². The Labute approximate surface area is 189 Å². The van der Waals surface area contributed by atoms with Crippen molar-refractivity contribution in [1.82, 2.24) is 24.8 Å². The molecular weight excluding hydrogens is 430 g/mol. The number of carbonyl (C=O) groups excluding carboxylic acids is 1. The summed E-state index contributed by atoms with van der Waals surface area (Å²) in [6, 6.07) is 5.02. The van der Waals surface area contributed by atoms with Crippen LogP contribution in [0, 0.1) is 0 Å². The van der Waals surface area contributed by atoms with E-state index in [1.807, 2.05) is 14.1 Å². The van der Waals surface area contributed by atoms with E-state index in [1.54, 1.807) is 33.7 Å². The Hall–Kier alpha value is -3.32. The van der Waals surface area contributed by atoms with E-state index in [0.717, 1.165) is 5.56 Å². The molecule has 176 valence electrons. The second-order valence-electron chi connectivity index (χ2n) is 8.26. The normalized spacial score (nSPS) is 23.5. The van der Waals surface area contributed by atoms with E-state index in [4.69, 9.17) is 4.74 Å². The first kappa shape index (κ1) is 22.9. The summed E-state index contributed by atoms with van der Waals surface area (Å²) < 4.78 is 7.46. The standard InChI is InChI=1S/C21H27N7O5/c1-27(2)18-16-19(24-9-23-18)28(10-25-16)21-17(31)15(14(8-29)33-21)26-20(32)13(22)7-11-3-5-12(30)6-4-11/h3-6,9-10,13-15,17,21,29-31H,7-8,22H2,1-2H3,(H,26,32)/p+1/t13?,14-,15-,17-,21-/m0/s1. The fraction of sp³-hybridized carbons (Fsp3) is 0.429. The minimum absolute atomic E-state index is 0.141. The Bertz CT molecular complexity index is 1120. The lowest BCUT2D eigenvalue weighted by Gasteiger charge is -2.22. The van der Waals surface area contributed by atoms with Crippen molar-refractivity contribution in [3.63, 3.8) is 0 Å². The number of anilines is 1. The van der Waals surface area contributed by atoms with E-state index in [1.165, 1.54) is 12.7 Å². The van der Waals surface area contributed by atoms with Crippen molar-refractivity contribution in [1.29, 1.82) is 0 Å². The van der Waals surface area contributed by atoms with Crippen LogP contribution in [0.25, 0.3) is 11.2 Å². The largest absolute Gasteiger partial charge is 0.508 e. The minimum Gasteiger partial charge on any atom is -0.508 e. The van der Waals surface area contributed by atoms with Crippen LogP contribution < -0.4 is 16.0 Å². The number of quaternary nitrogens is 1. The number of amides is 1. The number of benzene rings is 1. The monoisotopic (exact) mass is 458 g/mol. The molecule has 3 aromatic rings. The van der Waals surface area contributed by atoms with Crippen LogP contribution in [-0.4, -0.2) is 85.7 Å². The zero-order chi connectivity index (χ0) is 23.7. The lowest BCUT2D eigenvalue weighted by atomic mass is 10.0. The number of fused-ring (bicyclic) bond motifs is 1. The van der Waals surface area contributed by atoms with Gasteiger partial charge in [0.05, 0.1) is 19.0 Å². The number of nitrogens with one attached hydrogen (secondary N) is 1. The van der Waals surface area contributed by atoms with Crippen molar-refractivity contribution in [3.8, 4) is 5.75 Å². The first-order chi connectivity index (χ1) is 15.8. The summed E-state index contributed by atoms with van der Waals surface area (Å²) in [7, 11) is 3.67. The van der Waals surface area contributed by atoms with E-state index in [9.17, 15) is 20.1 Å². The SMILES string of the molecule is CN(C)c1ncnc2c1ncn2[C@H]1O[C@@H](CO)[C@H](NC(=O)C([NH3+])Cc2ccc(O)cc2)[C@@H]1O. The number of imidazole rings is 1. The summed E-state index contributed by atoms with van der Waals surface area (Å²) in [5.41, 5.74) is 5.75. The van der Waals surface area contributed by atoms with Gasteiger partial charge in [0.15, 0.2) is 29.3 Å².